The van der Waals surface area contributed by atoms with Crippen LogP contribution in [0.2, 0.25) is 0 Å². The average Bonchev–Trinajstić information content (AvgIpc) is 2.25. The van der Waals surface area contributed by atoms with E-state index < -0.39 is 40.3 Å². The number of rotatable bonds is 2. The molecular formula is C10H5ClF3NO2. The first-order valence-electron chi connectivity index (χ1n) is 4.24. The van der Waals surface area contributed by atoms with E-state index in [4.69, 9.17) is 16.9 Å². The van der Waals surface area contributed by atoms with Gasteiger partial charge in [-0.2, -0.15) is 18.4 Å². The topological polar surface area (TPSA) is 61.1 Å². The van der Waals surface area contributed by atoms with Crippen LogP contribution in [0.3, 0.4) is 0 Å². The first-order valence-corrected chi connectivity index (χ1v) is 4.78. The van der Waals surface area contributed by atoms with E-state index in [0.717, 1.165) is 0 Å². The van der Waals surface area contributed by atoms with E-state index in [9.17, 15) is 23.1 Å². The van der Waals surface area contributed by atoms with Crippen molar-refractivity contribution in [1.82, 2.24) is 0 Å². The van der Waals surface area contributed by atoms with E-state index in [1.807, 2.05) is 0 Å². The van der Waals surface area contributed by atoms with Crippen LogP contribution in [0.4, 0.5) is 13.2 Å². The van der Waals surface area contributed by atoms with Crippen molar-refractivity contribution in [2.45, 2.75) is 6.18 Å². The van der Waals surface area contributed by atoms with Crippen LogP contribution in [0.15, 0.2) is 12.1 Å². The third-order valence-electron chi connectivity index (χ3n) is 1.98. The fourth-order valence-electron chi connectivity index (χ4n) is 1.21. The van der Waals surface area contributed by atoms with Crippen LogP contribution in [0.25, 0.3) is 0 Å². The summed E-state index contributed by atoms with van der Waals surface area (Å²) in [5.74, 6) is -2.10. The number of phenolic OH excluding ortho intramolecular Hbond substituents is 1. The average molecular weight is 264 g/mol. The summed E-state index contributed by atoms with van der Waals surface area (Å²) in [7, 11) is 0. The van der Waals surface area contributed by atoms with Crippen LogP contribution in [0.5, 0.6) is 5.75 Å². The van der Waals surface area contributed by atoms with Gasteiger partial charge in [0, 0.05) is 0 Å². The van der Waals surface area contributed by atoms with E-state index >= 15 is 0 Å². The number of halogens is 4. The van der Waals surface area contributed by atoms with Crippen molar-refractivity contribution in [3.63, 3.8) is 0 Å². The van der Waals surface area contributed by atoms with E-state index in [-0.39, 0.29) is 0 Å². The third kappa shape index (κ3) is 2.68. The molecule has 1 aromatic carbocycles. The molecule has 3 nitrogen and oxygen atoms in total. The minimum Gasteiger partial charge on any atom is -0.507 e. The monoisotopic (exact) mass is 263 g/mol. The van der Waals surface area contributed by atoms with Crippen molar-refractivity contribution in [2.75, 3.05) is 5.88 Å². The lowest BCUT2D eigenvalue weighted by Crippen LogP contribution is -2.11. The normalized spacial score (nSPS) is 11.0. The molecule has 0 fully saturated rings. The van der Waals surface area contributed by atoms with Gasteiger partial charge in [-0.3, -0.25) is 4.79 Å². The molecule has 7 heteroatoms. The van der Waals surface area contributed by atoms with Crippen molar-refractivity contribution in [2.24, 2.45) is 0 Å². The second kappa shape index (κ2) is 4.63. The zero-order valence-corrected chi connectivity index (χ0v) is 8.93. The van der Waals surface area contributed by atoms with Crippen molar-refractivity contribution >= 4 is 17.4 Å². The van der Waals surface area contributed by atoms with Crippen molar-refractivity contribution in [3.8, 4) is 11.8 Å². The summed E-state index contributed by atoms with van der Waals surface area (Å²) in [6.45, 7) is 0. The molecule has 90 valence electrons. The molecule has 1 N–H and O–H groups in total. The summed E-state index contributed by atoms with van der Waals surface area (Å²) < 4.78 is 37.6. The zero-order chi connectivity index (χ0) is 13.2. The van der Waals surface area contributed by atoms with Gasteiger partial charge >= 0.3 is 6.18 Å². The lowest BCUT2D eigenvalue weighted by atomic mass is 10.0. The summed E-state index contributed by atoms with van der Waals surface area (Å²) in [4.78, 5) is 11.2. The molecular weight excluding hydrogens is 259 g/mol. The minimum atomic E-state index is -4.78. The molecule has 17 heavy (non-hydrogen) atoms. The van der Waals surface area contributed by atoms with Gasteiger partial charge in [0.05, 0.1) is 28.6 Å². The van der Waals surface area contributed by atoms with Crippen molar-refractivity contribution < 1.29 is 23.1 Å². The largest absolute Gasteiger partial charge is 0.507 e. The molecule has 0 bridgehead atoms. The molecule has 0 amide bonds. The molecule has 1 rings (SSSR count). The molecule has 1 aromatic rings. The fourth-order valence-corrected chi connectivity index (χ4v) is 1.35. The fraction of sp³-hybridized carbons (Fsp3) is 0.200. The van der Waals surface area contributed by atoms with Crippen LogP contribution in [0.1, 0.15) is 21.5 Å². The van der Waals surface area contributed by atoms with Gasteiger partial charge in [0.25, 0.3) is 0 Å². The van der Waals surface area contributed by atoms with Gasteiger partial charge in [-0.15, -0.1) is 11.6 Å². The van der Waals surface area contributed by atoms with Crippen LogP contribution < -0.4 is 0 Å². The molecule has 0 heterocycles. The van der Waals surface area contributed by atoms with Gasteiger partial charge in [0.1, 0.15) is 5.75 Å². The number of hydrogen-bond acceptors (Lipinski definition) is 3. The standard InChI is InChI=1S/C10H5ClF3NO2/c11-3-9(17)6-2-7(10(12,13)14)5(4-15)1-8(6)16/h1-2,16H,3H2. The Morgan fingerprint density at radius 1 is 1.47 bits per heavy atom. The maximum absolute atomic E-state index is 12.5. The SMILES string of the molecule is N#Cc1cc(O)c(C(=O)CCl)cc1C(F)(F)F. The Bertz CT molecular complexity index is 505. The first-order chi connectivity index (χ1) is 7.81. The van der Waals surface area contributed by atoms with Gasteiger partial charge in [-0.05, 0) is 12.1 Å². The van der Waals surface area contributed by atoms with Crippen LogP contribution in [-0.4, -0.2) is 16.8 Å². The Morgan fingerprint density at radius 2 is 2.06 bits per heavy atom. The van der Waals surface area contributed by atoms with Crippen LogP contribution in [-0.2, 0) is 6.18 Å². The Kier molecular flexibility index (Phi) is 3.63. The summed E-state index contributed by atoms with van der Waals surface area (Å²) in [5.41, 5.74) is -2.57. The van der Waals surface area contributed by atoms with Gasteiger partial charge < -0.3 is 5.11 Å². The molecule has 0 unspecified atom stereocenters. The minimum absolute atomic E-state index is 0.429. The Hall–Kier alpha value is -1.74. The zero-order valence-electron chi connectivity index (χ0n) is 8.18. The predicted molar refractivity (Wildman–Crippen MR) is 52.9 cm³/mol. The van der Waals surface area contributed by atoms with Crippen LogP contribution in [0, 0.1) is 11.3 Å². The van der Waals surface area contributed by atoms with Crippen LogP contribution >= 0.6 is 11.6 Å². The number of ketones is 1. The lowest BCUT2D eigenvalue weighted by molar-refractivity contribution is -0.137. The summed E-state index contributed by atoms with van der Waals surface area (Å²) in [6.07, 6.45) is -4.78. The molecule has 0 aromatic heterocycles. The number of carbonyl (C=O) groups is 1. The van der Waals surface area contributed by atoms with E-state index in [1.54, 1.807) is 0 Å². The lowest BCUT2D eigenvalue weighted by Gasteiger charge is -2.11. The van der Waals surface area contributed by atoms with Gasteiger partial charge in [0.2, 0.25) is 0 Å². The number of aromatic hydroxyl groups is 1. The predicted octanol–water partition coefficient (Wildman–Crippen LogP) is 2.70. The summed E-state index contributed by atoms with van der Waals surface area (Å²) in [6, 6.07) is 2.33. The van der Waals surface area contributed by atoms with E-state index in [1.165, 1.54) is 6.07 Å². The van der Waals surface area contributed by atoms with Gasteiger partial charge in [-0.1, -0.05) is 0 Å². The number of nitrogens with zero attached hydrogens (tertiary/aromatic N) is 1. The second-order valence-electron chi connectivity index (χ2n) is 3.08. The highest BCUT2D eigenvalue weighted by Crippen LogP contribution is 2.35. The van der Waals surface area contributed by atoms with Gasteiger partial charge in [0.15, 0.2) is 5.78 Å². The highest BCUT2D eigenvalue weighted by Gasteiger charge is 2.35. The number of hydrogen-bond donors (Lipinski definition) is 1. The molecule has 0 aliphatic heterocycles. The third-order valence-corrected chi connectivity index (χ3v) is 2.23. The van der Waals surface area contributed by atoms with E-state index in [2.05, 4.69) is 0 Å². The highest BCUT2D eigenvalue weighted by molar-refractivity contribution is 6.30. The molecule has 0 spiro atoms. The molecule has 0 atom stereocenters. The van der Waals surface area contributed by atoms with Crippen molar-refractivity contribution in [1.29, 1.82) is 5.26 Å². The van der Waals surface area contributed by atoms with Crippen molar-refractivity contribution in [3.05, 3.63) is 28.8 Å². The first kappa shape index (κ1) is 13.3. The molecule has 0 saturated heterocycles. The number of Topliss-reactive ketones (excluding diaryl/α,β-unsaturated/α-hetero) is 1. The number of alkyl halides is 4. The molecule has 0 aliphatic rings. The molecule has 0 saturated carbocycles. The molecule has 0 radical (unpaired) electrons. The quantitative estimate of drug-likeness (QED) is 0.659. The number of phenols is 1. The summed E-state index contributed by atoms with van der Waals surface area (Å²) in [5, 5.41) is 17.8. The highest BCUT2D eigenvalue weighted by atomic mass is 35.5. The van der Waals surface area contributed by atoms with E-state index in [0.29, 0.717) is 12.1 Å². The Balaban J connectivity index is 3.50. The summed E-state index contributed by atoms with van der Waals surface area (Å²) >= 11 is 5.19. The Labute approximate surface area is 99.0 Å². The second-order valence-corrected chi connectivity index (χ2v) is 3.35. The number of benzene rings is 1. The number of carbonyl (C=O) groups excluding carboxylic acids is 1. The maximum atomic E-state index is 12.5. The smallest absolute Gasteiger partial charge is 0.417 e. The Morgan fingerprint density at radius 3 is 2.47 bits per heavy atom. The molecule has 0 aliphatic carbocycles. The van der Waals surface area contributed by atoms with Gasteiger partial charge in [-0.25, -0.2) is 0 Å². The maximum Gasteiger partial charge on any atom is 0.417 e. The number of nitriles is 1.